The summed E-state index contributed by atoms with van der Waals surface area (Å²) in [7, 11) is 0. The smallest absolute Gasteiger partial charge is 0.313 e. The van der Waals surface area contributed by atoms with Gasteiger partial charge in [0.05, 0.1) is 6.10 Å². The predicted octanol–water partition coefficient (Wildman–Crippen LogP) is 0.845. The Kier molecular flexibility index (Phi) is 11.2. The second-order valence-corrected chi connectivity index (χ2v) is 1.65. The van der Waals surface area contributed by atoms with Crippen LogP contribution in [0, 0.1) is 0 Å². The average molecular weight is 212 g/mol. The summed E-state index contributed by atoms with van der Waals surface area (Å²) in [6.45, 7) is 3.98. The van der Waals surface area contributed by atoms with Crippen LogP contribution in [-0.2, 0) is 3.07 Å². The molecule has 0 amide bonds. The molecule has 0 rings (SSSR count). The van der Waals surface area contributed by atoms with Crippen molar-refractivity contribution in [2.45, 2.75) is 20.0 Å². The summed E-state index contributed by atoms with van der Waals surface area (Å²) in [6, 6.07) is 0. The van der Waals surface area contributed by atoms with Gasteiger partial charge in [0.15, 0.2) is 0 Å². The molecule has 0 spiro atoms. The van der Waals surface area contributed by atoms with Crippen molar-refractivity contribution >= 4 is 46.1 Å². The summed E-state index contributed by atoms with van der Waals surface area (Å²) in [5.41, 5.74) is 0. The molecule has 0 aromatic rings. The van der Waals surface area contributed by atoms with E-state index in [1.807, 2.05) is 36.9 Å². The third-order valence-electron chi connectivity index (χ3n) is 0.178. The van der Waals surface area contributed by atoms with Gasteiger partial charge < -0.3 is 3.07 Å². The first-order valence-electron chi connectivity index (χ1n) is 1.54. The van der Waals surface area contributed by atoms with E-state index in [4.69, 9.17) is 3.07 Å². The molecule has 0 unspecified atom stereocenters. The first-order valence-corrected chi connectivity index (χ1v) is 2.43. The lowest BCUT2D eigenvalue weighted by Crippen LogP contribution is -1.88. The fourth-order valence-corrected chi connectivity index (χ4v) is 0. The highest BCUT2D eigenvalue weighted by atomic mass is 127. The van der Waals surface area contributed by atoms with Gasteiger partial charge in [-0.15, -0.1) is 0 Å². The largest absolute Gasteiger partial charge is 0.316 e. The predicted molar refractivity (Wildman–Crippen MR) is 38.8 cm³/mol. The molecule has 0 aliphatic rings. The Morgan fingerprint density at radius 2 is 1.67 bits per heavy atom. The Bertz CT molecular complexity index is 24.8. The zero-order valence-corrected chi connectivity index (χ0v) is 5.52. The minimum atomic E-state index is 0. The van der Waals surface area contributed by atoms with Crippen molar-refractivity contribution in [3.05, 3.63) is 0 Å². The number of rotatable bonds is 1. The first kappa shape index (κ1) is 10.4. The van der Waals surface area contributed by atoms with Crippen molar-refractivity contribution < 1.29 is 3.07 Å². The number of hydrogen-bond acceptors (Lipinski definition) is 1. The van der Waals surface area contributed by atoms with Gasteiger partial charge in [-0.05, 0) is 13.8 Å². The molecule has 3 heteroatoms. The Hall–Kier alpha value is 1.46. The monoisotopic (exact) mass is 212 g/mol. The third-order valence-corrected chi connectivity index (χ3v) is 1.20. The van der Waals surface area contributed by atoms with Crippen LogP contribution in [0.15, 0.2) is 0 Å². The maximum atomic E-state index is 4.72. The van der Waals surface area contributed by atoms with Crippen molar-refractivity contribution in [1.29, 1.82) is 0 Å². The number of hydrogen-bond donors (Lipinski definition) is 0. The van der Waals surface area contributed by atoms with Crippen LogP contribution >= 0.6 is 23.0 Å². The lowest BCUT2D eigenvalue weighted by Gasteiger charge is -1.91. The molecular weight excluding hydrogens is 203 g/mol. The molecule has 0 N–H and O–H groups in total. The molecule has 0 saturated carbocycles. The van der Waals surface area contributed by atoms with E-state index in [0.29, 0.717) is 6.10 Å². The molecule has 0 aromatic carbocycles. The fraction of sp³-hybridized carbons (Fsp3) is 1.00. The standard InChI is InChI=1S/C3H7IO.Mg.2H/c1-3(2)5-4;;;/h3H,1-2H3;;;. The van der Waals surface area contributed by atoms with Gasteiger partial charge in [0.25, 0.3) is 0 Å². The highest BCUT2D eigenvalue weighted by Crippen LogP contribution is 1.92. The molecule has 0 saturated heterocycles. The Morgan fingerprint density at radius 3 is 1.67 bits per heavy atom. The minimum absolute atomic E-state index is 0. The maximum Gasteiger partial charge on any atom is 0.316 e. The van der Waals surface area contributed by atoms with Crippen LogP contribution in [0.5, 0.6) is 0 Å². The van der Waals surface area contributed by atoms with Gasteiger partial charge in [-0.2, -0.15) is 0 Å². The Morgan fingerprint density at radius 1 is 1.50 bits per heavy atom. The molecule has 0 atom stereocenters. The summed E-state index contributed by atoms with van der Waals surface area (Å²) < 4.78 is 4.72. The topological polar surface area (TPSA) is 9.23 Å². The Balaban J connectivity index is 0. The first-order chi connectivity index (χ1) is 2.27. The molecule has 0 aliphatic carbocycles. The van der Waals surface area contributed by atoms with E-state index in [1.54, 1.807) is 0 Å². The normalized spacial score (nSPS) is 8.00. The van der Waals surface area contributed by atoms with E-state index in [2.05, 4.69) is 0 Å². The van der Waals surface area contributed by atoms with Crippen molar-refractivity contribution in [3.8, 4) is 0 Å². The van der Waals surface area contributed by atoms with Gasteiger partial charge in [-0.1, -0.05) is 0 Å². The molecule has 0 heterocycles. The highest BCUT2D eigenvalue weighted by Gasteiger charge is 1.81. The molecule has 0 bridgehead atoms. The molecule has 36 valence electrons. The van der Waals surface area contributed by atoms with Crippen LogP contribution < -0.4 is 0 Å². The van der Waals surface area contributed by atoms with Gasteiger partial charge in [0.2, 0.25) is 0 Å². The maximum absolute atomic E-state index is 4.72. The van der Waals surface area contributed by atoms with Crippen LogP contribution in [-0.4, -0.2) is 29.2 Å². The van der Waals surface area contributed by atoms with Crippen molar-refractivity contribution in [3.63, 3.8) is 0 Å². The SMILES string of the molecule is CC(C)OI.[MgH2]. The van der Waals surface area contributed by atoms with E-state index in [0.717, 1.165) is 0 Å². The number of halogens is 1. The highest BCUT2D eigenvalue weighted by molar-refractivity contribution is 14.1. The summed E-state index contributed by atoms with van der Waals surface area (Å²) in [5, 5.41) is 0. The molecule has 0 aromatic heterocycles. The van der Waals surface area contributed by atoms with Gasteiger partial charge in [0.1, 0.15) is 23.0 Å². The molecule has 1 nitrogen and oxygen atoms in total. The fourth-order valence-electron chi connectivity index (χ4n) is 0. The second-order valence-electron chi connectivity index (χ2n) is 1.14. The van der Waals surface area contributed by atoms with Crippen molar-refractivity contribution in [2.24, 2.45) is 0 Å². The van der Waals surface area contributed by atoms with Gasteiger partial charge >= 0.3 is 23.1 Å². The molecule has 0 fully saturated rings. The van der Waals surface area contributed by atoms with Gasteiger partial charge in [-0.3, -0.25) is 0 Å². The van der Waals surface area contributed by atoms with E-state index in [-0.39, 0.29) is 23.1 Å². The van der Waals surface area contributed by atoms with E-state index >= 15 is 0 Å². The summed E-state index contributed by atoms with van der Waals surface area (Å²) >= 11 is 1.88. The lowest BCUT2D eigenvalue weighted by atomic mass is 10.5. The second kappa shape index (κ2) is 6.46. The summed E-state index contributed by atoms with van der Waals surface area (Å²) in [4.78, 5) is 0. The van der Waals surface area contributed by atoms with Gasteiger partial charge in [0, 0.05) is 0 Å². The van der Waals surface area contributed by atoms with E-state index in [1.165, 1.54) is 0 Å². The zero-order valence-electron chi connectivity index (χ0n) is 3.36. The van der Waals surface area contributed by atoms with Crippen LogP contribution in [0.3, 0.4) is 0 Å². The van der Waals surface area contributed by atoms with Crippen molar-refractivity contribution in [1.82, 2.24) is 0 Å². The third kappa shape index (κ3) is 9.07. The van der Waals surface area contributed by atoms with E-state index in [9.17, 15) is 0 Å². The van der Waals surface area contributed by atoms with Crippen molar-refractivity contribution in [2.75, 3.05) is 0 Å². The minimum Gasteiger partial charge on any atom is -0.313 e. The summed E-state index contributed by atoms with van der Waals surface area (Å²) in [5.74, 6) is 0. The average Bonchev–Trinajstić information content (AvgIpc) is 1.38. The van der Waals surface area contributed by atoms with Gasteiger partial charge in [-0.25, -0.2) is 0 Å². The molecule has 0 aliphatic heterocycles. The van der Waals surface area contributed by atoms with Crippen LogP contribution in [0.2, 0.25) is 0 Å². The Labute approximate surface area is 68.7 Å². The lowest BCUT2D eigenvalue weighted by molar-refractivity contribution is 0.335. The molecule has 0 radical (unpaired) electrons. The molecular formula is C3H9IMgO. The van der Waals surface area contributed by atoms with Crippen LogP contribution in [0.1, 0.15) is 13.8 Å². The quantitative estimate of drug-likeness (QED) is 0.462. The van der Waals surface area contributed by atoms with E-state index < -0.39 is 0 Å². The zero-order chi connectivity index (χ0) is 4.28. The van der Waals surface area contributed by atoms with Crippen LogP contribution in [0.25, 0.3) is 0 Å². The van der Waals surface area contributed by atoms with Crippen LogP contribution in [0.4, 0.5) is 0 Å². The summed E-state index contributed by atoms with van der Waals surface area (Å²) in [6.07, 6.45) is 0.371. The molecule has 6 heavy (non-hydrogen) atoms.